The summed E-state index contributed by atoms with van der Waals surface area (Å²) < 4.78 is 0. The number of hydrogen-bond acceptors (Lipinski definition) is 3. The van der Waals surface area contributed by atoms with Crippen molar-refractivity contribution in [1.82, 2.24) is 10.4 Å². The van der Waals surface area contributed by atoms with Crippen molar-refractivity contribution in [2.24, 2.45) is 17.2 Å². The van der Waals surface area contributed by atoms with Crippen LogP contribution in [0.1, 0.15) is 39.7 Å². The second kappa shape index (κ2) is 6.12. The Kier molecular flexibility index (Phi) is 5.09. The van der Waals surface area contributed by atoms with Crippen LogP contribution in [0.3, 0.4) is 0 Å². The van der Waals surface area contributed by atoms with Crippen LogP contribution >= 0.6 is 0 Å². The number of aromatic nitrogens is 1. The average Bonchev–Trinajstić information content (AvgIpc) is 2.28. The van der Waals surface area contributed by atoms with Gasteiger partial charge >= 0.3 is 0 Å². The van der Waals surface area contributed by atoms with Crippen LogP contribution in [-0.4, -0.2) is 11.0 Å². The topological polar surface area (TPSA) is 50.9 Å². The minimum atomic E-state index is 0.326. The molecular formula is C14H25N3. The van der Waals surface area contributed by atoms with E-state index in [9.17, 15) is 0 Å². The molecule has 17 heavy (non-hydrogen) atoms. The maximum Gasteiger partial charge on any atom is 0.0270 e. The summed E-state index contributed by atoms with van der Waals surface area (Å²) in [5, 5.41) is 0. The van der Waals surface area contributed by atoms with Gasteiger partial charge in [0.1, 0.15) is 0 Å². The zero-order chi connectivity index (χ0) is 12.9. The van der Waals surface area contributed by atoms with E-state index in [-0.39, 0.29) is 0 Å². The number of hydrogen-bond donors (Lipinski definition) is 2. The Morgan fingerprint density at radius 1 is 1.29 bits per heavy atom. The third-order valence-corrected chi connectivity index (χ3v) is 3.58. The van der Waals surface area contributed by atoms with Crippen LogP contribution in [0.4, 0.5) is 0 Å². The molecule has 0 fully saturated rings. The van der Waals surface area contributed by atoms with Crippen molar-refractivity contribution in [3.63, 3.8) is 0 Å². The highest BCUT2D eigenvalue weighted by Crippen LogP contribution is 2.29. The van der Waals surface area contributed by atoms with Gasteiger partial charge in [0.15, 0.2) is 0 Å². The van der Waals surface area contributed by atoms with Crippen LogP contribution < -0.4 is 11.3 Å². The Morgan fingerprint density at radius 3 is 2.35 bits per heavy atom. The van der Waals surface area contributed by atoms with Gasteiger partial charge in [-0.3, -0.25) is 16.3 Å². The molecular weight excluding hydrogens is 210 g/mol. The lowest BCUT2D eigenvalue weighted by Gasteiger charge is -2.30. The van der Waals surface area contributed by atoms with E-state index in [0.29, 0.717) is 17.4 Å². The lowest BCUT2D eigenvalue weighted by Crippen LogP contribution is -2.39. The highest BCUT2D eigenvalue weighted by Gasteiger charge is 2.23. The normalized spacial score (nSPS) is 15.6. The first-order valence-electron chi connectivity index (χ1n) is 6.28. The maximum atomic E-state index is 5.65. The van der Waals surface area contributed by atoms with Gasteiger partial charge in [0.2, 0.25) is 0 Å². The molecule has 0 spiro atoms. The van der Waals surface area contributed by atoms with Crippen molar-refractivity contribution in [3.05, 3.63) is 30.1 Å². The van der Waals surface area contributed by atoms with Gasteiger partial charge in [-0.1, -0.05) is 27.7 Å². The molecule has 3 N–H and O–H groups in total. The van der Waals surface area contributed by atoms with Crippen molar-refractivity contribution in [3.8, 4) is 0 Å². The van der Waals surface area contributed by atoms with Crippen LogP contribution in [0.25, 0.3) is 0 Å². The third-order valence-electron chi connectivity index (χ3n) is 3.58. The van der Waals surface area contributed by atoms with Crippen molar-refractivity contribution < 1.29 is 0 Å². The Bertz CT molecular complexity index is 316. The van der Waals surface area contributed by atoms with Crippen LogP contribution in [0.5, 0.6) is 0 Å². The average molecular weight is 235 g/mol. The van der Waals surface area contributed by atoms with Crippen LogP contribution in [0, 0.1) is 11.3 Å². The molecule has 2 unspecified atom stereocenters. The van der Waals surface area contributed by atoms with E-state index in [1.54, 1.807) is 0 Å². The van der Waals surface area contributed by atoms with Gasteiger partial charge in [-0.05, 0) is 41.9 Å². The predicted molar refractivity (Wildman–Crippen MR) is 72.3 cm³/mol. The fourth-order valence-electron chi connectivity index (χ4n) is 1.79. The second-order valence-corrected chi connectivity index (χ2v) is 5.93. The second-order valence-electron chi connectivity index (χ2n) is 5.93. The predicted octanol–water partition coefficient (Wildman–Crippen LogP) is 2.53. The van der Waals surface area contributed by atoms with Crippen molar-refractivity contribution >= 4 is 0 Å². The van der Waals surface area contributed by atoms with E-state index in [0.717, 1.165) is 12.8 Å². The number of pyridine rings is 1. The fourth-order valence-corrected chi connectivity index (χ4v) is 1.79. The van der Waals surface area contributed by atoms with Gasteiger partial charge in [0.25, 0.3) is 0 Å². The van der Waals surface area contributed by atoms with E-state index in [4.69, 9.17) is 5.84 Å². The summed E-state index contributed by atoms with van der Waals surface area (Å²) in [7, 11) is 0. The Hall–Kier alpha value is -0.930. The maximum absolute atomic E-state index is 5.65. The highest BCUT2D eigenvalue weighted by molar-refractivity contribution is 5.11. The Morgan fingerprint density at radius 2 is 1.88 bits per heavy atom. The van der Waals surface area contributed by atoms with Crippen molar-refractivity contribution in [2.75, 3.05) is 0 Å². The molecule has 0 aliphatic carbocycles. The van der Waals surface area contributed by atoms with Crippen LogP contribution in [0.2, 0.25) is 0 Å². The number of hydrazine groups is 1. The lowest BCUT2D eigenvalue weighted by molar-refractivity contribution is 0.222. The molecule has 1 aromatic heterocycles. The molecule has 2 atom stereocenters. The number of rotatable bonds is 5. The Balaban J connectivity index is 2.55. The summed E-state index contributed by atoms with van der Waals surface area (Å²) in [6.07, 6.45) is 5.70. The summed E-state index contributed by atoms with van der Waals surface area (Å²) in [5.41, 5.74) is 4.54. The standard InChI is InChI=1S/C14H25N3/c1-11(14(2,3)4)9-13(17-15)10-12-5-7-16-8-6-12/h5-8,11,13,17H,9-10,15H2,1-4H3. The molecule has 0 amide bonds. The molecule has 1 aromatic rings. The molecule has 0 aromatic carbocycles. The van der Waals surface area contributed by atoms with Gasteiger partial charge in [-0.25, -0.2) is 0 Å². The largest absolute Gasteiger partial charge is 0.271 e. The minimum absolute atomic E-state index is 0.326. The van der Waals surface area contributed by atoms with Crippen molar-refractivity contribution in [1.29, 1.82) is 0 Å². The van der Waals surface area contributed by atoms with Gasteiger partial charge in [-0.15, -0.1) is 0 Å². The molecule has 0 saturated carbocycles. The third kappa shape index (κ3) is 4.84. The smallest absolute Gasteiger partial charge is 0.0270 e. The molecule has 0 radical (unpaired) electrons. The number of nitrogens with two attached hydrogens (primary N) is 1. The summed E-state index contributed by atoms with van der Waals surface area (Å²) in [6.45, 7) is 9.12. The zero-order valence-corrected chi connectivity index (χ0v) is 11.4. The van der Waals surface area contributed by atoms with E-state index >= 15 is 0 Å². The fraction of sp³-hybridized carbons (Fsp3) is 0.643. The molecule has 0 aliphatic rings. The molecule has 3 heteroatoms. The van der Waals surface area contributed by atoms with Gasteiger partial charge < -0.3 is 0 Å². The lowest BCUT2D eigenvalue weighted by atomic mass is 9.78. The van der Waals surface area contributed by atoms with Gasteiger partial charge in [-0.2, -0.15) is 0 Å². The number of nitrogens with zero attached hydrogens (tertiary/aromatic N) is 1. The van der Waals surface area contributed by atoms with Gasteiger partial charge in [0.05, 0.1) is 0 Å². The van der Waals surface area contributed by atoms with Crippen LogP contribution in [0.15, 0.2) is 24.5 Å². The molecule has 1 heterocycles. The molecule has 3 nitrogen and oxygen atoms in total. The van der Waals surface area contributed by atoms with E-state index < -0.39 is 0 Å². The monoisotopic (exact) mass is 235 g/mol. The first kappa shape index (κ1) is 14.1. The minimum Gasteiger partial charge on any atom is -0.271 e. The van der Waals surface area contributed by atoms with E-state index in [1.165, 1.54) is 5.56 Å². The van der Waals surface area contributed by atoms with Crippen LogP contribution in [-0.2, 0) is 6.42 Å². The summed E-state index contributed by atoms with van der Waals surface area (Å²) in [4.78, 5) is 4.03. The van der Waals surface area contributed by atoms with E-state index in [1.807, 2.05) is 24.5 Å². The summed E-state index contributed by atoms with van der Waals surface area (Å²) in [5.74, 6) is 6.28. The molecule has 1 rings (SSSR count). The number of nitrogens with one attached hydrogen (secondary N) is 1. The SMILES string of the molecule is CC(CC(Cc1ccncc1)NN)C(C)(C)C. The molecule has 96 valence electrons. The van der Waals surface area contributed by atoms with Crippen molar-refractivity contribution in [2.45, 2.75) is 46.6 Å². The van der Waals surface area contributed by atoms with E-state index in [2.05, 4.69) is 38.1 Å². The zero-order valence-electron chi connectivity index (χ0n) is 11.4. The molecule has 0 bridgehead atoms. The van der Waals surface area contributed by atoms with Gasteiger partial charge in [0, 0.05) is 18.4 Å². The molecule has 0 saturated heterocycles. The molecule has 0 aliphatic heterocycles. The highest BCUT2D eigenvalue weighted by atomic mass is 15.2. The first-order valence-corrected chi connectivity index (χ1v) is 6.28. The Labute approximate surface area is 105 Å². The summed E-state index contributed by atoms with van der Waals surface area (Å²) >= 11 is 0. The quantitative estimate of drug-likeness (QED) is 0.609. The first-order chi connectivity index (χ1) is 7.93. The summed E-state index contributed by atoms with van der Waals surface area (Å²) in [6, 6.07) is 4.42.